The molecule has 0 aliphatic heterocycles. The van der Waals surface area contributed by atoms with Crippen LogP contribution in [0, 0.1) is 17.3 Å². The fraction of sp³-hybridized carbons (Fsp3) is 0.500. The van der Waals surface area contributed by atoms with Gasteiger partial charge >= 0.3 is 6.36 Å². The number of halogens is 3. The third-order valence-electron chi connectivity index (χ3n) is 3.78. The van der Waals surface area contributed by atoms with Gasteiger partial charge in [0.1, 0.15) is 5.75 Å². The van der Waals surface area contributed by atoms with Gasteiger partial charge in [0.15, 0.2) is 0 Å². The summed E-state index contributed by atoms with van der Waals surface area (Å²) in [5.41, 5.74) is 0.304. The van der Waals surface area contributed by atoms with E-state index in [1.165, 1.54) is 24.3 Å². The van der Waals surface area contributed by atoms with Crippen molar-refractivity contribution in [2.24, 2.45) is 5.41 Å². The van der Waals surface area contributed by atoms with E-state index in [0.29, 0.717) is 12.0 Å². The van der Waals surface area contributed by atoms with Crippen LogP contribution < -0.4 is 4.74 Å². The lowest BCUT2D eigenvalue weighted by Crippen LogP contribution is -2.34. The second-order valence-corrected chi connectivity index (χ2v) is 7.51. The van der Waals surface area contributed by atoms with Crippen molar-refractivity contribution >= 4 is 10.1 Å². The molecule has 0 heterocycles. The van der Waals surface area contributed by atoms with E-state index in [1.807, 2.05) is 0 Å². The smallest absolute Gasteiger partial charge is 0.406 e. The van der Waals surface area contributed by atoms with E-state index in [2.05, 4.69) is 16.6 Å². The first kappa shape index (κ1) is 18.6. The highest BCUT2D eigenvalue weighted by molar-refractivity contribution is 7.85. The Kier molecular flexibility index (Phi) is 5.45. The van der Waals surface area contributed by atoms with Crippen LogP contribution in [0.1, 0.15) is 31.2 Å². The Bertz CT molecular complexity index is 723. The number of benzene rings is 1. The summed E-state index contributed by atoms with van der Waals surface area (Å²) in [4.78, 5) is 0. The molecule has 24 heavy (non-hydrogen) atoms. The van der Waals surface area contributed by atoms with Gasteiger partial charge in [-0.2, -0.15) is 8.42 Å². The molecule has 0 aromatic heterocycles. The van der Waals surface area contributed by atoms with Crippen LogP contribution in [0.15, 0.2) is 24.3 Å². The van der Waals surface area contributed by atoms with Gasteiger partial charge in [-0.25, -0.2) is 0 Å². The van der Waals surface area contributed by atoms with Gasteiger partial charge in [0.25, 0.3) is 10.1 Å². The first-order valence-corrected chi connectivity index (χ1v) is 9.08. The summed E-state index contributed by atoms with van der Waals surface area (Å²) >= 11 is 0. The lowest BCUT2D eigenvalue weighted by Gasteiger charge is -2.39. The predicted molar refractivity (Wildman–Crippen MR) is 81.7 cm³/mol. The lowest BCUT2D eigenvalue weighted by atomic mass is 9.67. The molecule has 0 bridgehead atoms. The van der Waals surface area contributed by atoms with E-state index in [0.717, 1.165) is 25.5 Å². The van der Waals surface area contributed by atoms with Crippen molar-refractivity contribution in [1.82, 2.24) is 0 Å². The van der Waals surface area contributed by atoms with Gasteiger partial charge in [0.05, 0.1) is 12.9 Å². The quantitative estimate of drug-likeness (QED) is 0.595. The number of hydrogen-bond donors (Lipinski definition) is 0. The summed E-state index contributed by atoms with van der Waals surface area (Å²) in [6.45, 7) is 0.110. The Hall–Kier alpha value is -1.72. The van der Waals surface area contributed by atoms with Crippen molar-refractivity contribution < 1.29 is 30.5 Å². The molecule has 0 radical (unpaired) electrons. The van der Waals surface area contributed by atoms with Crippen molar-refractivity contribution in [1.29, 1.82) is 0 Å². The van der Waals surface area contributed by atoms with Crippen molar-refractivity contribution in [2.75, 3.05) is 12.9 Å². The molecule has 1 fully saturated rings. The highest BCUT2D eigenvalue weighted by Gasteiger charge is 2.37. The SMILES string of the molecule is CS(=O)(=O)OCC1(CC#Cc2ccc(OC(F)(F)F)cc2)CCC1. The van der Waals surface area contributed by atoms with E-state index in [4.69, 9.17) is 4.18 Å². The van der Waals surface area contributed by atoms with Gasteiger partial charge in [-0.1, -0.05) is 18.3 Å². The topological polar surface area (TPSA) is 52.6 Å². The molecule has 8 heteroatoms. The predicted octanol–water partition coefficient (Wildman–Crippen LogP) is 3.47. The minimum atomic E-state index is -4.72. The molecule has 1 aromatic carbocycles. The van der Waals surface area contributed by atoms with Crippen LogP contribution in [0.2, 0.25) is 0 Å². The maximum absolute atomic E-state index is 12.1. The molecule has 1 aromatic rings. The zero-order valence-electron chi connectivity index (χ0n) is 13.0. The van der Waals surface area contributed by atoms with Crippen LogP contribution in [0.3, 0.4) is 0 Å². The summed E-state index contributed by atoms with van der Waals surface area (Å²) < 4.78 is 67.1. The Morgan fingerprint density at radius 3 is 2.29 bits per heavy atom. The Morgan fingerprint density at radius 2 is 1.83 bits per heavy atom. The first-order chi connectivity index (χ1) is 11.1. The Labute approximate surface area is 139 Å². The molecule has 2 rings (SSSR count). The standard InChI is InChI=1S/C16H17F3O4S/c1-24(20,21)22-12-15(10-3-11-15)9-2-4-13-5-7-14(8-6-13)23-16(17,18)19/h5-8H,3,9-12H2,1H3. The highest BCUT2D eigenvalue weighted by Crippen LogP contribution is 2.44. The van der Waals surface area contributed by atoms with Crippen molar-refractivity contribution in [3.63, 3.8) is 0 Å². The summed E-state index contributed by atoms with van der Waals surface area (Å²) in [5.74, 6) is 5.52. The van der Waals surface area contributed by atoms with Gasteiger partial charge in [-0.3, -0.25) is 4.18 Å². The fourth-order valence-corrected chi connectivity index (χ4v) is 2.82. The van der Waals surface area contributed by atoms with E-state index >= 15 is 0 Å². The number of ether oxygens (including phenoxy) is 1. The molecule has 132 valence electrons. The largest absolute Gasteiger partial charge is 0.573 e. The Morgan fingerprint density at radius 1 is 1.21 bits per heavy atom. The molecule has 0 unspecified atom stereocenters. The third kappa shape index (κ3) is 6.06. The highest BCUT2D eigenvalue weighted by atomic mass is 32.2. The molecule has 0 saturated heterocycles. The van der Waals surface area contributed by atoms with Crippen LogP contribution in [-0.2, 0) is 14.3 Å². The second kappa shape index (κ2) is 7.03. The molecular formula is C16H17F3O4S. The summed E-state index contributed by atoms with van der Waals surface area (Å²) in [5, 5.41) is 0. The number of hydrogen-bond acceptors (Lipinski definition) is 4. The van der Waals surface area contributed by atoms with Crippen LogP contribution in [0.4, 0.5) is 13.2 Å². The minimum absolute atomic E-state index is 0.110. The lowest BCUT2D eigenvalue weighted by molar-refractivity contribution is -0.274. The molecule has 1 saturated carbocycles. The summed E-state index contributed by atoms with van der Waals surface area (Å²) in [7, 11) is -3.48. The van der Waals surface area contributed by atoms with Crippen molar-refractivity contribution in [3.8, 4) is 17.6 Å². The summed E-state index contributed by atoms with van der Waals surface area (Å²) in [6, 6.07) is 5.27. The number of alkyl halides is 3. The second-order valence-electron chi connectivity index (χ2n) is 5.87. The van der Waals surface area contributed by atoms with Gasteiger partial charge in [-0.05, 0) is 37.1 Å². The minimum Gasteiger partial charge on any atom is -0.406 e. The molecule has 0 atom stereocenters. The van der Waals surface area contributed by atoms with Gasteiger partial charge in [-0.15, -0.1) is 13.2 Å². The first-order valence-electron chi connectivity index (χ1n) is 7.26. The van der Waals surface area contributed by atoms with E-state index in [-0.39, 0.29) is 17.8 Å². The van der Waals surface area contributed by atoms with Gasteiger partial charge < -0.3 is 4.74 Å². The average molecular weight is 362 g/mol. The molecular weight excluding hydrogens is 345 g/mol. The number of rotatable bonds is 5. The van der Waals surface area contributed by atoms with Crippen LogP contribution in [0.25, 0.3) is 0 Å². The van der Waals surface area contributed by atoms with Gasteiger partial charge in [0.2, 0.25) is 0 Å². The van der Waals surface area contributed by atoms with Crippen LogP contribution in [0.5, 0.6) is 5.75 Å². The molecule has 1 aliphatic carbocycles. The zero-order valence-corrected chi connectivity index (χ0v) is 13.8. The molecule has 4 nitrogen and oxygen atoms in total. The van der Waals surface area contributed by atoms with Crippen molar-refractivity contribution in [2.45, 2.75) is 32.0 Å². The maximum atomic E-state index is 12.1. The average Bonchev–Trinajstić information content (AvgIpc) is 2.40. The maximum Gasteiger partial charge on any atom is 0.573 e. The molecule has 0 amide bonds. The normalized spacial score (nSPS) is 16.7. The van der Waals surface area contributed by atoms with Gasteiger partial charge in [0, 0.05) is 17.4 Å². The van der Waals surface area contributed by atoms with Crippen molar-refractivity contribution in [3.05, 3.63) is 29.8 Å². The molecule has 0 N–H and O–H groups in total. The van der Waals surface area contributed by atoms with E-state index in [1.54, 1.807) is 0 Å². The van der Waals surface area contributed by atoms with Crippen LogP contribution >= 0.6 is 0 Å². The van der Waals surface area contributed by atoms with E-state index in [9.17, 15) is 21.6 Å². The zero-order chi connectivity index (χ0) is 17.8. The fourth-order valence-electron chi connectivity index (χ4n) is 2.35. The summed E-state index contributed by atoms with van der Waals surface area (Å²) in [6.07, 6.45) is -0.550. The molecule has 0 spiro atoms. The Balaban J connectivity index is 1.94. The van der Waals surface area contributed by atoms with E-state index < -0.39 is 16.5 Å². The van der Waals surface area contributed by atoms with Crippen LogP contribution in [-0.4, -0.2) is 27.6 Å². The molecule has 1 aliphatic rings. The third-order valence-corrected chi connectivity index (χ3v) is 4.32. The monoisotopic (exact) mass is 362 g/mol.